The third kappa shape index (κ3) is 4.75. The summed E-state index contributed by atoms with van der Waals surface area (Å²) in [5.41, 5.74) is 2.90. The average Bonchev–Trinajstić information content (AvgIpc) is 3.11. The quantitative estimate of drug-likeness (QED) is 0.535. The van der Waals surface area contributed by atoms with Gasteiger partial charge in [-0.15, -0.1) is 0 Å². The van der Waals surface area contributed by atoms with Crippen molar-refractivity contribution in [3.05, 3.63) is 11.6 Å². The minimum atomic E-state index is -0.107. The van der Waals surface area contributed by atoms with Crippen molar-refractivity contribution in [3.8, 4) is 0 Å². The van der Waals surface area contributed by atoms with Gasteiger partial charge < -0.3 is 20.2 Å². The van der Waals surface area contributed by atoms with Gasteiger partial charge in [-0.1, -0.05) is 38.4 Å². The standard InChI is InChI=1S/C27H45N3O3/c1-5-30(6-2)16-15-28-25(32)18-33-29-20-11-13-26(3)19(17-20)7-8-21-22-9-10-24(31)27(22,4)14-12-23(21)26/h17,21-24,31H,5-16,18H2,1-4H3,(H,28,32)/b29-20+. The Balaban J connectivity index is 1.32. The highest BCUT2D eigenvalue weighted by Gasteiger charge is 2.58. The van der Waals surface area contributed by atoms with Crippen molar-refractivity contribution in [1.82, 2.24) is 10.2 Å². The van der Waals surface area contributed by atoms with Crippen LogP contribution in [0.1, 0.15) is 79.1 Å². The monoisotopic (exact) mass is 459 g/mol. The summed E-state index contributed by atoms with van der Waals surface area (Å²) < 4.78 is 0. The molecule has 186 valence electrons. The first-order valence-corrected chi connectivity index (χ1v) is 13.4. The van der Waals surface area contributed by atoms with Crippen molar-refractivity contribution < 1.29 is 14.7 Å². The summed E-state index contributed by atoms with van der Waals surface area (Å²) in [6, 6.07) is 0. The van der Waals surface area contributed by atoms with Gasteiger partial charge in [0.25, 0.3) is 5.91 Å². The van der Waals surface area contributed by atoms with Crippen LogP contribution in [0.3, 0.4) is 0 Å². The van der Waals surface area contributed by atoms with Crippen molar-refractivity contribution in [2.45, 2.75) is 85.2 Å². The highest BCUT2D eigenvalue weighted by Crippen LogP contribution is 2.65. The summed E-state index contributed by atoms with van der Waals surface area (Å²) in [6.07, 6.45) is 11.1. The average molecular weight is 460 g/mol. The summed E-state index contributed by atoms with van der Waals surface area (Å²) in [5.74, 6) is 2.05. The van der Waals surface area contributed by atoms with E-state index in [4.69, 9.17) is 4.84 Å². The number of allylic oxidation sites excluding steroid dienone is 2. The highest BCUT2D eigenvalue weighted by molar-refractivity contribution is 5.96. The lowest BCUT2D eigenvalue weighted by molar-refractivity contribution is -0.125. The van der Waals surface area contributed by atoms with Gasteiger partial charge >= 0.3 is 0 Å². The fourth-order valence-corrected chi connectivity index (χ4v) is 7.73. The number of fused-ring (bicyclic) bond motifs is 5. The van der Waals surface area contributed by atoms with Crippen molar-refractivity contribution >= 4 is 11.6 Å². The molecule has 0 spiro atoms. The van der Waals surface area contributed by atoms with Crippen molar-refractivity contribution in [3.63, 3.8) is 0 Å². The van der Waals surface area contributed by atoms with E-state index in [1.165, 1.54) is 24.8 Å². The van der Waals surface area contributed by atoms with Gasteiger partial charge in [-0.25, -0.2) is 0 Å². The number of carbonyl (C=O) groups is 1. The Morgan fingerprint density at radius 3 is 2.70 bits per heavy atom. The summed E-state index contributed by atoms with van der Waals surface area (Å²) in [7, 11) is 0. The van der Waals surface area contributed by atoms with Crippen LogP contribution in [-0.2, 0) is 9.63 Å². The molecule has 3 fully saturated rings. The Morgan fingerprint density at radius 1 is 1.15 bits per heavy atom. The van der Waals surface area contributed by atoms with Crippen LogP contribution in [0.25, 0.3) is 0 Å². The molecule has 0 aromatic carbocycles. The van der Waals surface area contributed by atoms with Gasteiger partial charge in [-0.2, -0.15) is 0 Å². The SMILES string of the molecule is CCN(CC)CCNC(=O)CO/N=C1/C=C2CCC3C(CCC4(C)C(O)CCC34)C2(C)CC1. The van der Waals surface area contributed by atoms with E-state index in [2.05, 4.69) is 49.1 Å². The number of likely N-dealkylation sites (N-methyl/N-ethyl adjacent to an activating group) is 1. The molecule has 6 nitrogen and oxygen atoms in total. The minimum absolute atomic E-state index is 0.0184. The maximum Gasteiger partial charge on any atom is 0.260 e. The van der Waals surface area contributed by atoms with Gasteiger partial charge in [0.2, 0.25) is 0 Å². The van der Waals surface area contributed by atoms with Crippen LogP contribution in [0.5, 0.6) is 0 Å². The third-order valence-corrected chi connectivity index (χ3v) is 9.95. The zero-order chi connectivity index (χ0) is 23.6. The van der Waals surface area contributed by atoms with Gasteiger partial charge in [0, 0.05) is 13.1 Å². The molecule has 4 rings (SSSR count). The van der Waals surface area contributed by atoms with Gasteiger partial charge in [-0.05, 0) is 99.1 Å². The zero-order valence-electron chi connectivity index (χ0n) is 21.2. The smallest absolute Gasteiger partial charge is 0.260 e. The first kappa shape index (κ1) is 24.7. The van der Waals surface area contributed by atoms with Crippen LogP contribution in [0.4, 0.5) is 0 Å². The Kier molecular flexibility index (Phi) is 7.54. The first-order valence-electron chi connectivity index (χ1n) is 13.4. The normalized spacial score (nSPS) is 39.0. The summed E-state index contributed by atoms with van der Waals surface area (Å²) in [4.78, 5) is 19.8. The van der Waals surface area contributed by atoms with Crippen LogP contribution >= 0.6 is 0 Å². The fourth-order valence-electron chi connectivity index (χ4n) is 7.73. The maximum absolute atomic E-state index is 12.1. The topological polar surface area (TPSA) is 74.2 Å². The van der Waals surface area contributed by atoms with E-state index in [0.717, 1.165) is 69.3 Å². The lowest BCUT2D eigenvalue weighted by Crippen LogP contribution is -2.51. The van der Waals surface area contributed by atoms with E-state index >= 15 is 0 Å². The second-order valence-electron chi connectivity index (χ2n) is 11.4. The first-order chi connectivity index (χ1) is 15.8. The predicted octanol–water partition coefficient (Wildman–Crippen LogP) is 4.14. The second kappa shape index (κ2) is 10.1. The Morgan fingerprint density at radius 2 is 1.94 bits per heavy atom. The van der Waals surface area contributed by atoms with Crippen LogP contribution < -0.4 is 5.32 Å². The number of hydrogen-bond donors (Lipinski definition) is 2. The number of hydrogen-bond acceptors (Lipinski definition) is 5. The number of carbonyl (C=O) groups excluding carboxylic acids is 1. The molecule has 6 unspecified atom stereocenters. The summed E-state index contributed by atoms with van der Waals surface area (Å²) in [6.45, 7) is 12.6. The van der Waals surface area contributed by atoms with Crippen molar-refractivity contribution in [2.24, 2.45) is 33.7 Å². The number of oxime groups is 1. The number of amides is 1. The highest BCUT2D eigenvalue weighted by atomic mass is 16.6. The van der Waals surface area contributed by atoms with Crippen LogP contribution in [0, 0.1) is 28.6 Å². The van der Waals surface area contributed by atoms with Gasteiger partial charge in [0.15, 0.2) is 6.61 Å². The molecule has 0 radical (unpaired) electrons. The van der Waals surface area contributed by atoms with E-state index in [9.17, 15) is 9.90 Å². The molecular weight excluding hydrogens is 414 g/mol. The number of rotatable bonds is 8. The molecule has 3 saturated carbocycles. The summed E-state index contributed by atoms with van der Waals surface area (Å²) in [5, 5.41) is 17.9. The van der Waals surface area contributed by atoms with Gasteiger partial charge in [-0.3, -0.25) is 4.79 Å². The number of nitrogens with zero attached hydrogens (tertiary/aromatic N) is 2. The maximum atomic E-state index is 12.1. The lowest BCUT2D eigenvalue weighted by atomic mass is 9.47. The van der Waals surface area contributed by atoms with E-state index in [1.54, 1.807) is 0 Å². The molecule has 2 N–H and O–H groups in total. The molecule has 4 aliphatic carbocycles. The zero-order valence-corrected chi connectivity index (χ0v) is 21.2. The van der Waals surface area contributed by atoms with Gasteiger partial charge in [0.1, 0.15) is 0 Å². The molecule has 0 heterocycles. The number of aliphatic hydroxyl groups is 1. The molecule has 0 saturated heterocycles. The van der Waals surface area contributed by atoms with Crippen LogP contribution in [0.2, 0.25) is 0 Å². The van der Waals surface area contributed by atoms with Crippen molar-refractivity contribution in [2.75, 3.05) is 32.8 Å². The van der Waals surface area contributed by atoms with E-state index in [-0.39, 0.29) is 29.4 Å². The largest absolute Gasteiger partial charge is 0.393 e. The van der Waals surface area contributed by atoms with Gasteiger partial charge in [0.05, 0.1) is 11.8 Å². The Labute approximate surface area is 200 Å². The molecule has 0 aliphatic heterocycles. The van der Waals surface area contributed by atoms with Crippen molar-refractivity contribution in [1.29, 1.82) is 0 Å². The predicted molar refractivity (Wildman–Crippen MR) is 132 cm³/mol. The number of aliphatic hydroxyl groups excluding tert-OH is 1. The van der Waals surface area contributed by atoms with Crippen LogP contribution in [-0.4, -0.2) is 60.5 Å². The molecule has 4 aliphatic rings. The van der Waals surface area contributed by atoms with E-state index in [0.29, 0.717) is 12.5 Å². The molecular formula is C27H45N3O3. The van der Waals surface area contributed by atoms with E-state index < -0.39 is 0 Å². The molecule has 33 heavy (non-hydrogen) atoms. The molecule has 1 amide bonds. The second-order valence-corrected chi connectivity index (χ2v) is 11.4. The molecule has 0 aromatic rings. The summed E-state index contributed by atoms with van der Waals surface area (Å²) >= 11 is 0. The third-order valence-electron chi connectivity index (χ3n) is 9.95. The molecule has 0 bridgehead atoms. The molecule has 6 heteroatoms. The number of nitrogens with one attached hydrogen (secondary N) is 1. The molecule has 0 aromatic heterocycles. The van der Waals surface area contributed by atoms with E-state index in [1.807, 2.05) is 0 Å². The molecule has 6 atom stereocenters. The Bertz CT molecular complexity index is 777. The minimum Gasteiger partial charge on any atom is -0.393 e. The van der Waals surface area contributed by atoms with Crippen LogP contribution in [0.15, 0.2) is 16.8 Å². The Hall–Kier alpha value is -1.40. The fraction of sp³-hybridized carbons (Fsp3) is 0.852. The lowest BCUT2D eigenvalue weighted by Gasteiger charge is -2.57.